The number of piperazine rings is 1. The smallest absolute Gasteiger partial charge is 0.224 e. The highest BCUT2D eigenvalue weighted by Gasteiger charge is 2.19. The Morgan fingerprint density at radius 3 is 2.79 bits per heavy atom. The molecule has 1 saturated heterocycles. The monoisotopic (exact) mass is 326 g/mol. The van der Waals surface area contributed by atoms with Gasteiger partial charge in [-0.15, -0.1) is 0 Å². The van der Waals surface area contributed by atoms with Gasteiger partial charge in [0.05, 0.1) is 24.2 Å². The summed E-state index contributed by atoms with van der Waals surface area (Å²) in [5, 5.41) is 8.46. The normalized spacial score (nSPS) is 15.8. The maximum absolute atomic E-state index is 5.35. The maximum Gasteiger partial charge on any atom is 0.224 e. The van der Waals surface area contributed by atoms with Crippen molar-refractivity contribution in [1.82, 2.24) is 25.2 Å². The molecule has 8 nitrogen and oxygen atoms in total. The minimum Gasteiger partial charge on any atom is -0.480 e. The van der Waals surface area contributed by atoms with E-state index in [0.717, 1.165) is 49.3 Å². The van der Waals surface area contributed by atoms with Crippen LogP contribution in [0.4, 0.5) is 5.69 Å². The number of benzene rings is 1. The van der Waals surface area contributed by atoms with E-state index in [1.54, 1.807) is 13.3 Å². The van der Waals surface area contributed by atoms with E-state index in [1.807, 2.05) is 6.07 Å². The molecule has 0 bridgehead atoms. The summed E-state index contributed by atoms with van der Waals surface area (Å²) in [6.45, 7) is 4.61. The molecule has 124 valence electrons. The Kier molecular flexibility index (Phi) is 3.96. The van der Waals surface area contributed by atoms with Gasteiger partial charge >= 0.3 is 0 Å². The van der Waals surface area contributed by atoms with Crippen molar-refractivity contribution < 1.29 is 9.37 Å². The first-order valence-electron chi connectivity index (χ1n) is 7.86. The fourth-order valence-electron chi connectivity index (χ4n) is 3.03. The summed E-state index contributed by atoms with van der Waals surface area (Å²) in [4.78, 5) is 13.2. The van der Waals surface area contributed by atoms with Gasteiger partial charge in [-0.1, -0.05) is 10.3 Å². The highest BCUT2D eigenvalue weighted by Crippen LogP contribution is 2.27. The molecule has 8 heteroatoms. The number of methoxy groups -OCH3 is 1. The molecule has 1 aliphatic rings. The van der Waals surface area contributed by atoms with Crippen molar-refractivity contribution >= 4 is 16.6 Å². The molecule has 0 radical (unpaired) electrons. The first-order valence-corrected chi connectivity index (χ1v) is 7.86. The van der Waals surface area contributed by atoms with E-state index in [1.165, 1.54) is 12.0 Å². The zero-order chi connectivity index (χ0) is 16.4. The maximum atomic E-state index is 5.35. The Hall–Kier alpha value is -2.74. The first kappa shape index (κ1) is 14.8. The van der Waals surface area contributed by atoms with Gasteiger partial charge < -0.3 is 9.64 Å². The Bertz CT molecular complexity index is 815. The van der Waals surface area contributed by atoms with Crippen molar-refractivity contribution in [2.24, 2.45) is 0 Å². The summed E-state index contributed by atoms with van der Waals surface area (Å²) < 4.78 is 9.99. The second-order valence-electron chi connectivity index (χ2n) is 5.75. The van der Waals surface area contributed by atoms with Crippen molar-refractivity contribution in [3.63, 3.8) is 0 Å². The van der Waals surface area contributed by atoms with E-state index < -0.39 is 0 Å². The summed E-state index contributed by atoms with van der Waals surface area (Å²) in [5.41, 5.74) is 2.93. The number of fused-ring (bicyclic) bond motifs is 1. The number of anilines is 1. The lowest BCUT2D eigenvalue weighted by Gasteiger charge is -2.35. The molecule has 1 fully saturated rings. The van der Waals surface area contributed by atoms with E-state index in [9.17, 15) is 0 Å². The average molecular weight is 326 g/mol. The predicted octanol–water partition coefficient (Wildman–Crippen LogP) is 1.34. The van der Waals surface area contributed by atoms with Crippen LogP contribution < -0.4 is 9.64 Å². The zero-order valence-electron chi connectivity index (χ0n) is 13.4. The SMILES string of the molecule is COc1ncnc2ccc(N3CCN(Cc4cnon4)CC3)cc12. The molecule has 0 unspecified atom stereocenters. The Morgan fingerprint density at radius 1 is 1.17 bits per heavy atom. The zero-order valence-corrected chi connectivity index (χ0v) is 13.4. The molecule has 0 aliphatic carbocycles. The molecule has 2 aromatic heterocycles. The van der Waals surface area contributed by atoms with Crippen molar-refractivity contribution in [3.8, 4) is 5.88 Å². The number of rotatable bonds is 4. The van der Waals surface area contributed by atoms with E-state index in [4.69, 9.17) is 4.74 Å². The summed E-state index contributed by atoms with van der Waals surface area (Å²) in [6, 6.07) is 6.22. The van der Waals surface area contributed by atoms with Crippen LogP contribution in [0.3, 0.4) is 0 Å². The van der Waals surface area contributed by atoms with Crippen LogP contribution in [0.1, 0.15) is 5.69 Å². The van der Waals surface area contributed by atoms with Crippen LogP contribution in [0.15, 0.2) is 35.4 Å². The predicted molar refractivity (Wildman–Crippen MR) is 87.9 cm³/mol. The highest BCUT2D eigenvalue weighted by molar-refractivity contribution is 5.86. The van der Waals surface area contributed by atoms with E-state index in [-0.39, 0.29) is 0 Å². The molecule has 0 N–H and O–H groups in total. The number of aromatic nitrogens is 4. The number of hydrogen-bond donors (Lipinski definition) is 0. The largest absolute Gasteiger partial charge is 0.480 e. The molecular formula is C16H18N6O2. The van der Waals surface area contributed by atoms with Crippen molar-refractivity contribution in [3.05, 3.63) is 36.4 Å². The van der Waals surface area contributed by atoms with E-state index >= 15 is 0 Å². The van der Waals surface area contributed by atoms with Crippen LogP contribution in [0, 0.1) is 0 Å². The Balaban J connectivity index is 1.48. The van der Waals surface area contributed by atoms with Gasteiger partial charge in [0.25, 0.3) is 0 Å². The minimum absolute atomic E-state index is 0.610. The minimum atomic E-state index is 0.610. The molecule has 1 aromatic carbocycles. The third-order valence-electron chi connectivity index (χ3n) is 4.31. The summed E-state index contributed by atoms with van der Waals surface area (Å²) >= 11 is 0. The van der Waals surface area contributed by atoms with Gasteiger partial charge in [-0.25, -0.2) is 14.6 Å². The van der Waals surface area contributed by atoms with Gasteiger partial charge in [0.2, 0.25) is 5.88 Å². The van der Waals surface area contributed by atoms with Crippen molar-refractivity contribution in [2.75, 3.05) is 38.2 Å². The van der Waals surface area contributed by atoms with Gasteiger partial charge in [-0.3, -0.25) is 4.90 Å². The van der Waals surface area contributed by atoms with Crippen LogP contribution in [-0.4, -0.2) is 58.5 Å². The van der Waals surface area contributed by atoms with Gasteiger partial charge in [0, 0.05) is 38.4 Å². The van der Waals surface area contributed by atoms with Crippen LogP contribution >= 0.6 is 0 Å². The van der Waals surface area contributed by atoms with Crippen molar-refractivity contribution in [2.45, 2.75) is 6.54 Å². The summed E-state index contributed by atoms with van der Waals surface area (Å²) in [7, 11) is 1.63. The van der Waals surface area contributed by atoms with E-state index in [0.29, 0.717) is 5.88 Å². The van der Waals surface area contributed by atoms with Crippen LogP contribution in [0.2, 0.25) is 0 Å². The molecule has 0 spiro atoms. The molecule has 3 heterocycles. The number of nitrogens with zero attached hydrogens (tertiary/aromatic N) is 6. The average Bonchev–Trinajstić information content (AvgIpc) is 3.14. The Labute approximate surface area is 139 Å². The second kappa shape index (κ2) is 6.40. The van der Waals surface area contributed by atoms with Gasteiger partial charge in [0.1, 0.15) is 12.0 Å². The van der Waals surface area contributed by atoms with Crippen LogP contribution in [-0.2, 0) is 6.54 Å². The van der Waals surface area contributed by atoms with Gasteiger partial charge in [0.15, 0.2) is 0 Å². The first-order chi connectivity index (χ1) is 11.8. The molecule has 0 atom stereocenters. The van der Waals surface area contributed by atoms with Crippen LogP contribution in [0.25, 0.3) is 10.9 Å². The van der Waals surface area contributed by atoms with Gasteiger partial charge in [-0.05, 0) is 18.2 Å². The fourth-order valence-corrected chi connectivity index (χ4v) is 3.03. The molecule has 1 aliphatic heterocycles. The second-order valence-corrected chi connectivity index (χ2v) is 5.75. The highest BCUT2D eigenvalue weighted by atomic mass is 16.6. The van der Waals surface area contributed by atoms with E-state index in [2.05, 4.69) is 46.8 Å². The van der Waals surface area contributed by atoms with Crippen LogP contribution in [0.5, 0.6) is 5.88 Å². The fraction of sp³-hybridized carbons (Fsp3) is 0.375. The number of ether oxygens (including phenoxy) is 1. The molecular weight excluding hydrogens is 308 g/mol. The Morgan fingerprint density at radius 2 is 2.04 bits per heavy atom. The van der Waals surface area contributed by atoms with Gasteiger partial charge in [-0.2, -0.15) is 0 Å². The quantitative estimate of drug-likeness (QED) is 0.710. The lowest BCUT2D eigenvalue weighted by atomic mass is 10.2. The molecule has 0 amide bonds. The lowest BCUT2D eigenvalue weighted by molar-refractivity contribution is 0.237. The van der Waals surface area contributed by atoms with Crippen molar-refractivity contribution in [1.29, 1.82) is 0 Å². The lowest BCUT2D eigenvalue weighted by Crippen LogP contribution is -2.46. The third-order valence-corrected chi connectivity index (χ3v) is 4.31. The molecule has 0 saturated carbocycles. The topological polar surface area (TPSA) is 80.4 Å². The molecule has 24 heavy (non-hydrogen) atoms. The molecule has 4 rings (SSSR count). The third kappa shape index (κ3) is 2.88. The number of hydrogen-bond acceptors (Lipinski definition) is 8. The summed E-state index contributed by atoms with van der Waals surface area (Å²) in [5.74, 6) is 0.610. The summed E-state index contributed by atoms with van der Waals surface area (Å²) in [6.07, 6.45) is 3.19. The standard InChI is InChI=1S/C16H18N6O2/c1-23-16-14-8-13(2-3-15(14)17-11-18-16)22-6-4-21(5-7-22)10-12-9-19-24-20-12/h2-3,8-9,11H,4-7,10H2,1H3. The molecule has 3 aromatic rings.